The third kappa shape index (κ3) is 2.19. The molecule has 1 fully saturated rings. The molecule has 0 aliphatic carbocycles. The maximum Gasteiger partial charge on any atom is 0.230 e. The first kappa shape index (κ1) is 10.9. The number of amides is 2. The molecule has 0 saturated carbocycles. The highest BCUT2D eigenvalue weighted by atomic mass is 16.2. The monoisotopic (exact) mass is 197 g/mol. The van der Waals surface area contributed by atoms with Crippen LogP contribution in [0.25, 0.3) is 0 Å². The zero-order valence-corrected chi connectivity index (χ0v) is 8.58. The van der Waals surface area contributed by atoms with Crippen molar-refractivity contribution in [2.45, 2.75) is 33.1 Å². The van der Waals surface area contributed by atoms with Crippen molar-refractivity contribution in [3.63, 3.8) is 0 Å². The fourth-order valence-corrected chi connectivity index (χ4v) is 1.34. The maximum absolute atomic E-state index is 11.5. The molecule has 14 heavy (non-hydrogen) atoms. The van der Waals surface area contributed by atoms with Crippen LogP contribution in [0.2, 0.25) is 0 Å². The Labute approximate surface area is 83.3 Å². The Kier molecular flexibility index (Phi) is 3.38. The molecule has 1 aliphatic heterocycles. The first-order chi connectivity index (χ1) is 6.56. The highest BCUT2D eigenvalue weighted by Crippen LogP contribution is 2.13. The number of nitrogens with zero attached hydrogens (tertiary/aromatic N) is 1. The molecule has 0 N–H and O–H groups in total. The van der Waals surface area contributed by atoms with Gasteiger partial charge in [0, 0.05) is 18.8 Å². The smallest absolute Gasteiger partial charge is 0.230 e. The number of carbonyl (C=O) groups excluding carboxylic acids is 3. The van der Waals surface area contributed by atoms with E-state index in [0.29, 0.717) is 0 Å². The van der Waals surface area contributed by atoms with E-state index >= 15 is 0 Å². The second-order valence-electron chi connectivity index (χ2n) is 3.65. The van der Waals surface area contributed by atoms with Crippen molar-refractivity contribution in [2.24, 2.45) is 5.92 Å². The van der Waals surface area contributed by atoms with E-state index in [1.165, 1.54) is 0 Å². The van der Waals surface area contributed by atoms with Crippen LogP contribution in [-0.2, 0) is 14.4 Å². The molecule has 0 aromatic rings. The van der Waals surface area contributed by atoms with Crippen molar-refractivity contribution in [1.29, 1.82) is 0 Å². The summed E-state index contributed by atoms with van der Waals surface area (Å²) in [6.07, 6.45) is 1.26. The van der Waals surface area contributed by atoms with Crippen LogP contribution in [0.5, 0.6) is 0 Å². The first-order valence-corrected chi connectivity index (χ1v) is 4.92. The van der Waals surface area contributed by atoms with Crippen LogP contribution >= 0.6 is 0 Å². The first-order valence-electron chi connectivity index (χ1n) is 4.92. The van der Waals surface area contributed by atoms with Crippen LogP contribution < -0.4 is 0 Å². The van der Waals surface area contributed by atoms with Gasteiger partial charge in [-0.2, -0.15) is 0 Å². The van der Waals surface area contributed by atoms with Gasteiger partial charge in [-0.15, -0.1) is 0 Å². The van der Waals surface area contributed by atoms with Crippen LogP contribution in [0.15, 0.2) is 0 Å². The minimum atomic E-state index is -0.216. The molecule has 0 aromatic heterocycles. The number of Topliss-reactive ketones (excluding diaryl/α,β-unsaturated/α-hetero) is 1. The molecule has 78 valence electrons. The van der Waals surface area contributed by atoms with Crippen molar-refractivity contribution >= 4 is 17.6 Å². The van der Waals surface area contributed by atoms with Crippen molar-refractivity contribution in [2.75, 3.05) is 6.54 Å². The van der Waals surface area contributed by atoms with Gasteiger partial charge in [-0.25, -0.2) is 0 Å². The summed E-state index contributed by atoms with van der Waals surface area (Å²) in [6.45, 7) is 3.69. The summed E-state index contributed by atoms with van der Waals surface area (Å²) in [7, 11) is 0. The summed E-state index contributed by atoms with van der Waals surface area (Å²) in [5.74, 6) is -0.536. The quantitative estimate of drug-likeness (QED) is 0.625. The SMILES string of the molecule is CCC(C)C(=O)CN1C(=O)CCC1=O. The van der Waals surface area contributed by atoms with Crippen LogP contribution in [0.4, 0.5) is 0 Å². The lowest BCUT2D eigenvalue weighted by Crippen LogP contribution is -2.36. The van der Waals surface area contributed by atoms with E-state index < -0.39 is 0 Å². The molecule has 4 heteroatoms. The minimum absolute atomic E-state index is 0.0314. The number of ketones is 1. The highest BCUT2D eigenvalue weighted by molar-refractivity contribution is 6.04. The number of rotatable bonds is 4. The predicted molar refractivity (Wildman–Crippen MR) is 50.4 cm³/mol. The summed E-state index contributed by atoms with van der Waals surface area (Å²) in [6, 6.07) is 0. The number of carbonyl (C=O) groups is 3. The zero-order valence-electron chi connectivity index (χ0n) is 8.58. The summed E-state index contributed by atoms with van der Waals surface area (Å²) >= 11 is 0. The zero-order chi connectivity index (χ0) is 10.7. The largest absolute Gasteiger partial charge is 0.297 e. The maximum atomic E-state index is 11.5. The Morgan fingerprint density at radius 1 is 1.36 bits per heavy atom. The molecule has 1 aliphatic rings. The average molecular weight is 197 g/mol. The molecule has 0 spiro atoms. The van der Waals surface area contributed by atoms with Crippen molar-refractivity contribution in [3.8, 4) is 0 Å². The molecule has 2 amide bonds. The lowest BCUT2D eigenvalue weighted by atomic mass is 10.0. The van der Waals surface area contributed by atoms with Gasteiger partial charge < -0.3 is 0 Å². The van der Waals surface area contributed by atoms with Gasteiger partial charge in [-0.3, -0.25) is 19.3 Å². The van der Waals surface area contributed by atoms with Crippen molar-refractivity contribution < 1.29 is 14.4 Å². The van der Waals surface area contributed by atoms with Gasteiger partial charge in [0.05, 0.1) is 6.54 Å². The Balaban J connectivity index is 2.55. The third-order valence-corrected chi connectivity index (χ3v) is 2.63. The molecule has 0 aromatic carbocycles. The summed E-state index contributed by atoms with van der Waals surface area (Å²) in [5, 5.41) is 0. The number of hydrogen-bond donors (Lipinski definition) is 0. The fraction of sp³-hybridized carbons (Fsp3) is 0.700. The molecule has 1 unspecified atom stereocenters. The van der Waals surface area contributed by atoms with Gasteiger partial charge >= 0.3 is 0 Å². The second-order valence-corrected chi connectivity index (χ2v) is 3.65. The van der Waals surface area contributed by atoms with Gasteiger partial charge in [0.1, 0.15) is 0 Å². The molecule has 1 heterocycles. The van der Waals surface area contributed by atoms with Crippen LogP contribution in [0, 0.1) is 5.92 Å². The molecule has 1 rings (SSSR count). The van der Waals surface area contributed by atoms with Gasteiger partial charge in [0.15, 0.2) is 5.78 Å². The van der Waals surface area contributed by atoms with Gasteiger partial charge in [0.25, 0.3) is 0 Å². The Morgan fingerprint density at radius 2 is 1.86 bits per heavy atom. The van der Waals surface area contributed by atoms with E-state index in [-0.39, 0.29) is 42.9 Å². The summed E-state index contributed by atoms with van der Waals surface area (Å²) in [5.41, 5.74) is 0. The van der Waals surface area contributed by atoms with E-state index in [1.807, 2.05) is 13.8 Å². The molecule has 1 saturated heterocycles. The Morgan fingerprint density at radius 3 is 2.29 bits per heavy atom. The van der Waals surface area contributed by atoms with E-state index in [0.717, 1.165) is 11.3 Å². The van der Waals surface area contributed by atoms with Crippen LogP contribution in [0.1, 0.15) is 33.1 Å². The molecule has 1 atom stereocenters. The topological polar surface area (TPSA) is 54.5 Å². The van der Waals surface area contributed by atoms with Gasteiger partial charge in [0.2, 0.25) is 11.8 Å². The molecule has 4 nitrogen and oxygen atoms in total. The van der Waals surface area contributed by atoms with E-state index in [2.05, 4.69) is 0 Å². The predicted octanol–water partition coefficient (Wildman–Crippen LogP) is 0.751. The second kappa shape index (κ2) is 4.35. The van der Waals surface area contributed by atoms with Crippen molar-refractivity contribution in [1.82, 2.24) is 4.90 Å². The van der Waals surface area contributed by atoms with Crippen LogP contribution in [0.3, 0.4) is 0 Å². The van der Waals surface area contributed by atoms with E-state index in [1.54, 1.807) is 0 Å². The number of imide groups is 1. The molecule has 0 bridgehead atoms. The Hall–Kier alpha value is -1.19. The van der Waals surface area contributed by atoms with E-state index in [4.69, 9.17) is 0 Å². The standard InChI is InChI=1S/C10H15NO3/c1-3-7(2)8(12)6-11-9(13)4-5-10(11)14/h7H,3-6H2,1-2H3. The summed E-state index contributed by atoms with van der Waals surface area (Å²) < 4.78 is 0. The van der Waals surface area contributed by atoms with E-state index in [9.17, 15) is 14.4 Å². The van der Waals surface area contributed by atoms with Crippen molar-refractivity contribution in [3.05, 3.63) is 0 Å². The van der Waals surface area contributed by atoms with Gasteiger partial charge in [-0.1, -0.05) is 13.8 Å². The fourth-order valence-electron chi connectivity index (χ4n) is 1.34. The lowest BCUT2D eigenvalue weighted by Gasteiger charge is -2.15. The lowest BCUT2D eigenvalue weighted by molar-refractivity contribution is -0.142. The normalized spacial score (nSPS) is 18.9. The highest BCUT2D eigenvalue weighted by Gasteiger charge is 2.31. The Bertz CT molecular complexity index is 257. The van der Waals surface area contributed by atoms with Gasteiger partial charge in [-0.05, 0) is 6.42 Å². The third-order valence-electron chi connectivity index (χ3n) is 2.63. The average Bonchev–Trinajstić information content (AvgIpc) is 2.48. The molecular weight excluding hydrogens is 182 g/mol. The summed E-state index contributed by atoms with van der Waals surface area (Å²) in [4.78, 5) is 34.9. The number of likely N-dealkylation sites (tertiary alicyclic amines) is 1. The minimum Gasteiger partial charge on any atom is -0.297 e. The molecular formula is C10H15NO3. The van der Waals surface area contributed by atoms with Crippen LogP contribution in [-0.4, -0.2) is 29.0 Å². The number of hydrogen-bond acceptors (Lipinski definition) is 3. The molecule has 0 radical (unpaired) electrons.